The van der Waals surface area contributed by atoms with E-state index in [0.717, 1.165) is 37.3 Å². The molecule has 0 atom stereocenters. The van der Waals surface area contributed by atoms with Crippen LogP contribution >= 0.6 is 11.8 Å². The first-order valence-electron chi connectivity index (χ1n) is 9.92. The highest BCUT2D eigenvalue weighted by molar-refractivity contribution is 7.99. The monoisotopic (exact) mass is 422 g/mol. The van der Waals surface area contributed by atoms with E-state index in [4.69, 9.17) is 0 Å². The number of hydrogen-bond donors (Lipinski definition) is 0. The number of rotatable bonds is 6. The number of imidazole rings is 1. The quantitative estimate of drug-likeness (QED) is 0.331. The summed E-state index contributed by atoms with van der Waals surface area (Å²) in [5.41, 5.74) is 2.37. The summed E-state index contributed by atoms with van der Waals surface area (Å²) >= 11 is 1.40. The third kappa shape index (κ3) is 4.38. The molecule has 1 aromatic heterocycles. The minimum Gasteiger partial charge on any atom is -0.342 e. The number of nitro groups is 1. The van der Waals surface area contributed by atoms with Crippen LogP contribution in [0.2, 0.25) is 0 Å². The van der Waals surface area contributed by atoms with Crippen LogP contribution in [0.5, 0.6) is 0 Å². The minimum atomic E-state index is -0.403. The van der Waals surface area contributed by atoms with Crippen LogP contribution in [0.15, 0.2) is 66.0 Å². The molecule has 1 aliphatic heterocycles. The van der Waals surface area contributed by atoms with Crippen molar-refractivity contribution in [3.8, 4) is 16.9 Å². The third-order valence-corrected chi connectivity index (χ3v) is 6.07. The summed E-state index contributed by atoms with van der Waals surface area (Å²) in [6.45, 7) is 1.65. The van der Waals surface area contributed by atoms with Gasteiger partial charge in [-0.25, -0.2) is 4.98 Å². The maximum Gasteiger partial charge on any atom is 0.270 e. The van der Waals surface area contributed by atoms with Crippen LogP contribution in [0.1, 0.15) is 19.3 Å². The highest BCUT2D eigenvalue weighted by Gasteiger charge is 2.20. The van der Waals surface area contributed by atoms with Crippen molar-refractivity contribution in [3.05, 3.63) is 70.9 Å². The Morgan fingerprint density at radius 2 is 1.83 bits per heavy atom. The number of benzene rings is 2. The molecule has 0 radical (unpaired) electrons. The average molecular weight is 423 g/mol. The van der Waals surface area contributed by atoms with Crippen molar-refractivity contribution < 1.29 is 9.72 Å². The molecule has 154 valence electrons. The van der Waals surface area contributed by atoms with Crippen LogP contribution in [0.4, 0.5) is 5.69 Å². The number of hydrogen-bond acceptors (Lipinski definition) is 5. The number of para-hydroxylation sites is 1. The Balaban J connectivity index is 1.65. The Bertz CT molecular complexity index is 1050. The standard InChI is InChI=1S/C22H22N4O3S/c27-21(24-12-5-2-6-13-24)16-30-22-23-15-20(25(22)18-9-3-1-4-10-18)17-8-7-11-19(14-17)26(28)29/h1,3-4,7-11,14-15H,2,5-6,12-13,16H2. The summed E-state index contributed by atoms with van der Waals surface area (Å²) in [7, 11) is 0. The average Bonchev–Trinajstić information content (AvgIpc) is 3.22. The van der Waals surface area contributed by atoms with Gasteiger partial charge in [-0.2, -0.15) is 0 Å². The van der Waals surface area contributed by atoms with Crippen LogP contribution in [0.25, 0.3) is 16.9 Å². The molecule has 0 N–H and O–H groups in total. The number of carbonyl (C=O) groups excluding carboxylic acids is 1. The van der Waals surface area contributed by atoms with E-state index in [9.17, 15) is 14.9 Å². The summed E-state index contributed by atoms with van der Waals surface area (Å²) in [6, 6.07) is 16.2. The highest BCUT2D eigenvalue weighted by atomic mass is 32.2. The van der Waals surface area contributed by atoms with Gasteiger partial charge in [-0.3, -0.25) is 19.5 Å². The highest BCUT2D eigenvalue weighted by Crippen LogP contribution is 2.31. The topological polar surface area (TPSA) is 81.3 Å². The second kappa shape index (κ2) is 9.13. The number of nitro benzene ring substituents is 1. The molecule has 4 rings (SSSR count). The molecular formula is C22H22N4O3S. The van der Waals surface area contributed by atoms with Gasteiger partial charge >= 0.3 is 0 Å². The zero-order valence-electron chi connectivity index (χ0n) is 16.4. The predicted octanol–water partition coefficient (Wildman–Crippen LogP) is 4.55. The molecule has 1 fully saturated rings. The number of carbonyl (C=O) groups is 1. The van der Waals surface area contributed by atoms with Gasteiger partial charge in [0.05, 0.1) is 22.6 Å². The molecule has 7 nitrogen and oxygen atoms in total. The summed E-state index contributed by atoms with van der Waals surface area (Å²) in [5, 5.41) is 11.9. The normalized spacial score (nSPS) is 13.9. The molecule has 1 aliphatic rings. The van der Waals surface area contributed by atoms with E-state index in [1.54, 1.807) is 18.3 Å². The molecule has 0 spiro atoms. The first kappa shape index (κ1) is 20.2. The molecular weight excluding hydrogens is 400 g/mol. The maximum absolute atomic E-state index is 12.6. The number of likely N-dealkylation sites (tertiary alicyclic amines) is 1. The molecule has 3 aromatic rings. The molecule has 2 heterocycles. The van der Waals surface area contributed by atoms with Gasteiger partial charge in [0.1, 0.15) is 0 Å². The van der Waals surface area contributed by atoms with E-state index in [2.05, 4.69) is 4.98 Å². The fourth-order valence-corrected chi connectivity index (χ4v) is 4.50. The van der Waals surface area contributed by atoms with Gasteiger partial charge in [0.2, 0.25) is 5.91 Å². The predicted molar refractivity (Wildman–Crippen MR) is 117 cm³/mol. The lowest BCUT2D eigenvalue weighted by molar-refractivity contribution is -0.384. The van der Waals surface area contributed by atoms with Gasteiger partial charge in [-0.15, -0.1) is 0 Å². The molecule has 0 bridgehead atoms. The molecule has 1 amide bonds. The molecule has 8 heteroatoms. The van der Waals surface area contributed by atoms with Crippen LogP contribution in [0.3, 0.4) is 0 Å². The van der Waals surface area contributed by atoms with Crippen LogP contribution in [0, 0.1) is 10.1 Å². The van der Waals surface area contributed by atoms with Crippen LogP contribution in [-0.2, 0) is 4.79 Å². The lowest BCUT2D eigenvalue weighted by atomic mass is 10.1. The van der Waals surface area contributed by atoms with Crippen molar-refractivity contribution in [1.29, 1.82) is 0 Å². The van der Waals surface area contributed by atoms with E-state index in [-0.39, 0.29) is 11.6 Å². The Labute approximate surface area is 178 Å². The van der Waals surface area contributed by atoms with Crippen molar-refractivity contribution in [2.75, 3.05) is 18.8 Å². The SMILES string of the molecule is O=C(CSc1ncc(-c2cccc([N+](=O)[O-])c2)n1-c1ccccc1)N1CCCCC1. The first-order valence-corrected chi connectivity index (χ1v) is 10.9. The fraction of sp³-hybridized carbons (Fsp3) is 0.273. The van der Waals surface area contributed by atoms with Crippen molar-refractivity contribution >= 4 is 23.4 Å². The second-order valence-electron chi connectivity index (χ2n) is 7.13. The number of thioether (sulfide) groups is 1. The zero-order valence-corrected chi connectivity index (χ0v) is 17.3. The second-order valence-corrected chi connectivity index (χ2v) is 8.08. The van der Waals surface area contributed by atoms with Crippen molar-refractivity contribution in [2.24, 2.45) is 0 Å². The summed E-state index contributed by atoms with van der Waals surface area (Å²) in [5.74, 6) is 0.442. The zero-order chi connectivity index (χ0) is 20.9. The van der Waals surface area contributed by atoms with E-state index >= 15 is 0 Å². The van der Waals surface area contributed by atoms with Crippen molar-refractivity contribution in [3.63, 3.8) is 0 Å². The van der Waals surface area contributed by atoms with Gasteiger partial charge < -0.3 is 4.90 Å². The van der Waals surface area contributed by atoms with E-state index in [1.807, 2.05) is 45.9 Å². The van der Waals surface area contributed by atoms with Crippen LogP contribution in [-0.4, -0.2) is 44.1 Å². The number of nitrogens with zero attached hydrogens (tertiary/aromatic N) is 4. The Morgan fingerprint density at radius 3 is 2.57 bits per heavy atom. The first-order chi connectivity index (χ1) is 14.6. The molecule has 0 unspecified atom stereocenters. The lowest BCUT2D eigenvalue weighted by Gasteiger charge is -2.26. The van der Waals surface area contributed by atoms with E-state index in [1.165, 1.54) is 24.2 Å². The Hall–Kier alpha value is -3.13. The van der Waals surface area contributed by atoms with Gasteiger partial charge in [0.25, 0.3) is 5.69 Å². The Kier molecular flexibility index (Phi) is 6.13. The van der Waals surface area contributed by atoms with E-state index in [0.29, 0.717) is 16.5 Å². The summed E-state index contributed by atoms with van der Waals surface area (Å²) in [6.07, 6.45) is 5.01. The van der Waals surface area contributed by atoms with Gasteiger partial charge in [0, 0.05) is 36.5 Å². The Morgan fingerprint density at radius 1 is 1.07 bits per heavy atom. The summed E-state index contributed by atoms with van der Waals surface area (Å²) in [4.78, 5) is 29.9. The smallest absolute Gasteiger partial charge is 0.270 e. The van der Waals surface area contributed by atoms with Crippen molar-refractivity contribution in [1.82, 2.24) is 14.5 Å². The maximum atomic E-state index is 12.6. The van der Waals surface area contributed by atoms with Crippen LogP contribution < -0.4 is 0 Å². The number of amides is 1. The van der Waals surface area contributed by atoms with Gasteiger partial charge in [0.15, 0.2) is 5.16 Å². The lowest BCUT2D eigenvalue weighted by Crippen LogP contribution is -2.36. The summed E-state index contributed by atoms with van der Waals surface area (Å²) < 4.78 is 1.95. The molecule has 30 heavy (non-hydrogen) atoms. The molecule has 2 aromatic carbocycles. The number of piperidine rings is 1. The molecule has 0 saturated carbocycles. The fourth-order valence-electron chi connectivity index (χ4n) is 3.61. The van der Waals surface area contributed by atoms with Gasteiger partial charge in [-0.1, -0.05) is 42.1 Å². The minimum absolute atomic E-state index is 0.0304. The molecule has 0 aliphatic carbocycles. The number of non-ortho nitro benzene ring substituents is 1. The largest absolute Gasteiger partial charge is 0.342 e. The van der Waals surface area contributed by atoms with Gasteiger partial charge in [-0.05, 0) is 31.4 Å². The number of aromatic nitrogens is 2. The van der Waals surface area contributed by atoms with E-state index < -0.39 is 4.92 Å². The third-order valence-electron chi connectivity index (χ3n) is 5.13. The molecule has 1 saturated heterocycles. The van der Waals surface area contributed by atoms with Crippen molar-refractivity contribution in [2.45, 2.75) is 24.4 Å².